The number of hydrogen-bond acceptors (Lipinski definition) is 4. The monoisotopic (exact) mass is 416 g/mol. The van der Waals surface area contributed by atoms with E-state index in [-0.39, 0.29) is 17.7 Å². The lowest BCUT2D eigenvalue weighted by Gasteiger charge is -2.35. The van der Waals surface area contributed by atoms with E-state index in [1.807, 2.05) is 0 Å². The van der Waals surface area contributed by atoms with Gasteiger partial charge in [-0.05, 0) is 31.4 Å². The standard InChI is InChI=1S/C22H23F3N4O/c1-15-9-8-14-26-18(15)27-21(22(23,24)25)20(30)29(17-12-6-3-7-13-17)19(28-21)16-10-4-2-5-11-16/h2,4-5,8-11,14,17H,3,6-7,12-13H2,1H3,(H,26,27)/t21-/m1/s1. The van der Waals surface area contributed by atoms with Gasteiger partial charge in [0.15, 0.2) is 0 Å². The second-order valence-corrected chi connectivity index (χ2v) is 7.77. The lowest BCUT2D eigenvalue weighted by molar-refractivity contribution is -0.186. The summed E-state index contributed by atoms with van der Waals surface area (Å²) >= 11 is 0. The van der Waals surface area contributed by atoms with Crippen LogP contribution in [0.5, 0.6) is 0 Å². The Bertz CT molecular complexity index is 954. The summed E-state index contributed by atoms with van der Waals surface area (Å²) in [5.74, 6) is -1.04. The summed E-state index contributed by atoms with van der Waals surface area (Å²) in [6.45, 7) is 1.64. The maximum atomic E-state index is 14.5. The first-order chi connectivity index (χ1) is 14.3. The molecule has 2 aliphatic rings. The Morgan fingerprint density at radius 3 is 2.40 bits per heavy atom. The van der Waals surface area contributed by atoms with E-state index in [0.717, 1.165) is 19.3 Å². The maximum absolute atomic E-state index is 14.5. The number of benzene rings is 1. The molecule has 1 aliphatic carbocycles. The first kappa shape index (κ1) is 20.4. The van der Waals surface area contributed by atoms with E-state index in [1.54, 1.807) is 49.4 Å². The van der Waals surface area contributed by atoms with E-state index >= 15 is 0 Å². The molecule has 5 nitrogen and oxygen atoms in total. The zero-order valence-electron chi connectivity index (χ0n) is 16.6. The highest BCUT2D eigenvalue weighted by atomic mass is 19.4. The van der Waals surface area contributed by atoms with Crippen LogP contribution in [0.4, 0.5) is 19.0 Å². The summed E-state index contributed by atoms with van der Waals surface area (Å²) in [6, 6.07) is 11.6. The van der Waals surface area contributed by atoms with Crippen LogP contribution in [0.15, 0.2) is 53.7 Å². The molecule has 1 fully saturated rings. The molecule has 1 atom stereocenters. The number of halogens is 3. The second kappa shape index (κ2) is 7.74. The van der Waals surface area contributed by atoms with Gasteiger partial charge in [0.1, 0.15) is 11.7 Å². The van der Waals surface area contributed by atoms with Crippen molar-refractivity contribution in [2.45, 2.75) is 56.9 Å². The van der Waals surface area contributed by atoms with Gasteiger partial charge < -0.3 is 5.32 Å². The van der Waals surface area contributed by atoms with Gasteiger partial charge in [0.25, 0.3) is 5.91 Å². The fourth-order valence-electron chi connectivity index (χ4n) is 4.12. The van der Waals surface area contributed by atoms with Crippen molar-refractivity contribution in [3.63, 3.8) is 0 Å². The summed E-state index contributed by atoms with van der Waals surface area (Å²) < 4.78 is 43.4. The number of amides is 1. The average Bonchev–Trinajstić information content (AvgIpc) is 3.04. The van der Waals surface area contributed by atoms with Crippen LogP contribution in [0, 0.1) is 6.92 Å². The highest BCUT2D eigenvalue weighted by Crippen LogP contribution is 2.42. The van der Waals surface area contributed by atoms with Gasteiger partial charge in [-0.1, -0.05) is 55.7 Å². The molecule has 2 heterocycles. The highest BCUT2D eigenvalue weighted by molar-refractivity contribution is 6.16. The molecule has 30 heavy (non-hydrogen) atoms. The highest BCUT2D eigenvalue weighted by Gasteiger charge is 2.67. The predicted octanol–water partition coefficient (Wildman–Crippen LogP) is 4.68. The fraction of sp³-hybridized carbons (Fsp3) is 0.409. The third kappa shape index (κ3) is 3.44. The lowest BCUT2D eigenvalue weighted by Crippen LogP contribution is -2.59. The van der Waals surface area contributed by atoms with E-state index < -0.39 is 17.7 Å². The van der Waals surface area contributed by atoms with Crippen molar-refractivity contribution in [2.24, 2.45) is 4.99 Å². The van der Waals surface area contributed by atoms with Gasteiger partial charge in [-0.2, -0.15) is 13.2 Å². The normalized spacial score (nSPS) is 22.9. The second-order valence-electron chi connectivity index (χ2n) is 7.77. The van der Waals surface area contributed by atoms with Crippen LogP contribution < -0.4 is 5.32 Å². The van der Waals surface area contributed by atoms with Gasteiger partial charge in [0.2, 0.25) is 0 Å². The Hall–Kier alpha value is -2.90. The number of nitrogens with zero attached hydrogens (tertiary/aromatic N) is 3. The summed E-state index contributed by atoms with van der Waals surface area (Å²) in [4.78, 5) is 22.8. The molecule has 1 N–H and O–H groups in total. The Kier molecular flexibility index (Phi) is 5.26. The van der Waals surface area contributed by atoms with Crippen LogP contribution in [0.1, 0.15) is 43.2 Å². The van der Waals surface area contributed by atoms with Gasteiger partial charge in [-0.15, -0.1) is 0 Å². The number of rotatable bonds is 4. The number of aryl methyl sites for hydroxylation is 1. The number of nitrogens with one attached hydrogen (secondary N) is 1. The van der Waals surface area contributed by atoms with E-state index in [9.17, 15) is 18.0 Å². The maximum Gasteiger partial charge on any atom is 0.442 e. The molecule has 4 rings (SSSR count). The molecule has 158 valence electrons. The Balaban J connectivity index is 1.85. The average molecular weight is 416 g/mol. The number of aromatic nitrogens is 1. The molecule has 1 aromatic heterocycles. The molecule has 0 spiro atoms. The quantitative estimate of drug-likeness (QED) is 0.787. The summed E-state index contributed by atoms with van der Waals surface area (Å²) in [5, 5.41) is 2.37. The number of amidine groups is 1. The third-order valence-corrected chi connectivity index (χ3v) is 5.72. The van der Waals surface area contributed by atoms with E-state index in [4.69, 9.17) is 0 Å². The van der Waals surface area contributed by atoms with Crippen molar-refractivity contribution in [1.29, 1.82) is 0 Å². The molecule has 0 unspecified atom stereocenters. The van der Waals surface area contributed by atoms with Crippen molar-refractivity contribution in [3.05, 3.63) is 59.8 Å². The van der Waals surface area contributed by atoms with Crippen LogP contribution in [-0.2, 0) is 4.79 Å². The van der Waals surface area contributed by atoms with Crippen molar-refractivity contribution in [1.82, 2.24) is 9.88 Å². The van der Waals surface area contributed by atoms with Crippen LogP contribution in [0.3, 0.4) is 0 Å². The molecule has 0 bridgehead atoms. The zero-order chi connectivity index (χ0) is 21.4. The summed E-state index contributed by atoms with van der Waals surface area (Å²) in [5.41, 5.74) is -2.11. The number of alkyl halides is 3. The van der Waals surface area contributed by atoms with Gasteiger partial charge in [0.05, 0.1) is 0 Å². The topological polar surface area (TPSA) is 57.6 Å². The Morgan fingerprint density at radius 2 is 1.77 bits per heavy atom. The third-order valence-electron chi connectivity index (χ3n) is 5.72. The lowest BCUT2D eigenvalue weighted by atomic mass is 9.93. The van der Waals surface area contributed by atoms with Crippen LogP contribution >= 0.6 is 0 Å². The van der Waals surface area contributed by atoms with Crippen LogP contribution in [-0.4, -0.2) is 39.5 Å². The largest absolute Gasteiger partial charge is 0.442 e. The summed E-state index contributed by atoms with van der Waals surface area (Å²) in [7, 11) is 0. The van der Waals surface area contributed by atoms with Crippen molar-refractivity contribution < 1.29 is 18.0 Å². The number of carbonyl (C=O) groups excluding carboxylic acids is 1. The number of carbonyl (C=O) groups is 1. The molecule has 0 radical (unpaired) electrons. The fourth-order valence-corrected chi connectivity index (χ4v) is 4.12. The first-order valence-electron chi connectivity index (χ1n) is 10.1. The Morgan fingerprint density at radius 1 is 1.07 bits per heavy atom. The number of hydrogen-bond donors (Lipinski definition) is 1. The van der Waals surface area contributed by atoms with E-state index in [2.05, 4.69) is 15.3 Å². The molecule has 1 aliphatic heterocycles. The van der Waals surface area contributed by atoms with Gasteiger partial charge in [-0.25, -0.2) is 9.98 Å². The van der Waals surface area contributed by atoms with E-state index in [0.29, 0.717) is 24.0 Å². The van der Waals surface area contributed by atoms with Gasteiger partial charge >= 0.3 is 11.8 Å². The minimum Gasteiger partial charge on any atom is -0.330 e. The first-order valence-corrected chi connectivity index (χ1v) is 10.1. The zero-order valence-corrected chi connectivity index (χ0v) is 16.6. The van der Waals surface area contributed by atoms with Crippen molar-refractivity contribution >= 4 is 17.6 Å². The Labute approximate surface area is 173 Å². The molecular weight excluding hydrogens is 393 g/mol. The van der Waals surface area contributed by atoms with Crippen LogP contribution in [0.25, 0.3) is 0 Å². The summed E-state index contributed by atoms with van der Waals surface area (Å²) in [6.07, 6.45) is 0.538. The van der Waals surface area contributed by atoms with Crippen molar-refractivity contribution in [2.75, 3.05) is 5.32 Å². The van der Waals surface area contributed by atoms with Crippen molar-refractivity contribution in [3.8, 4) is 0 Å². The number of aliphatic imine (C=N–C) groups is 1. The molecule has 0 saturated heterocycles. The molecule has 1 saturated carbocycles. The van der Waals surface area contributed by atoms with Gasteiger partial charge in [0, 0.05) is 17.8 Å². The molecule has 2 aromatic rings. The number of anilines is 1. The minimum absolute atomic E-state index is 0.00942. The number of pyridine rings is 1. The molecular formula is C22H23F3N4O. The van der Waals surface area contributed by atoms with E-state index in [1.165, 1.54) is 11.1 Å². The smallest absolute Gasteiger partial charge is 0.330 e. The molecule has 8 heteroatoms. The predicted molar refractivity (Wildman–Crippen MR) is 108 cm³/mol. The van der Waals surface area contributed by atoms with Gasteiger partial charge in [-0.3, -0.25) is 9.69 Å². The minimum atomic E-state index is -4.95. The molecule has 1 amide bonds. The SMILES string of the molecule is Cc1cccnc1N[C@@]1(C(F)(F)F)N=C(c2ccccc2)N(C2CCCCC2)C1=O. The molecule has 1 aromatic carbocycles. The van der Waals surface area contributed by atoms with Crippen LogP contribution in [0.2, 0.25) is 0 Å².